The van der Waals surface area contributed by atoms with Crippen molar-refractivity contribution in [1.82, 2.24) is 9.97 Å². The Morgan fingerprint density at radius 3 is 2.63 bits per heavy atom. The van der Waals surface area contributed by atoms with E-state index in [0.29, 0.717) is 29.4 Å². The first-order chi connectivity index (χ1) is 13.2. The molecule has 7 nitrogen and oxygen atoms in total. The number of carbonyl (C=O) groups is 1. The maximum absolute atomic E-state index is 12.4. The summed E-state index contributed by atoms with van der Waals surface area (Å²) in [5, 5.41) is 6.04. The Morgan fingerprint density at radius 2 is 1.96 bits per heavy atom. The first-order valence-corrected chi connectivity index (χ1v) is 8.32. The van der Waals surface area contributed by atoms with Gasteiger partial charge >= 0.3 is 0 Å². The molecule has 2 aromatic heterocycles. The largest absolute Gasteiger partial charge is 0.497 e. The second kappa shape index (κ2) is 8.66. The van der Waals surface area contributed by atoms with Crippen LogP contribution in [0, 0.1) is 0 Å². The SMILES string of the molecule is COc1ccc(NC(=O)c2ccc(NCc3cccnc3)cn2)c(OC)c1. The van der Waals surface area contributed by atoms with Crippen LogP contribution in [0.2, 0.25) is 0 Å². The van der Waals surface area contributed by atoms with Crippen LogP contribution in [0.25, 0.3) is 0 Å². The van der Waals surface area contributed by atoms with Gasteiger partial charge in [-0.3, -0.25) is 9.78 Å². The van der Waals surface area contributed by atoms with Crippen molar-refractivity contribution in [2.75, 3.05) is 24.9 Å². The molecule has 0 fully saturated rings. The number of amides is 1. The van der Waals surface area contributed by atoms with E-state index in [-0.39, 0.29) is 5.91 Å². The summed E-state index contributed by atoms with van der Waals surface area (Å²) in [5.74, 6) is 0.835. The topological polar surface area (TPSA) is 85.4 Å². The lowest BCUT2D eigenvalue weighted by molar-refractivity contribution is 0.102. The summed E-state index contributed by atoms with van der Waals surface area (Å²) in [5.41, 5.74) is 2.73. The third-order valence-electron chi connectivity index (χ3n) is 3.87. The molecule has 0 atom stereocenters. The Labute approximate surface area is 157 Å². The van der Waals surface area contributed by atoms with E-state index in [2.05, 4.69) is 20.6 Å². The zero-order chi connectivity index (χ0) is 19.1. The highest BCUT2D eigenvalue weighted by Gasteiger charge is 2.12. The number of nitrogens with zero attached hydrogens (tertiary/aromatic N) is 2. The molecule has 27 heavy (non-hydrogen) atoms. The Morgan fingerprint density at radius 1 is 1.07 bits per heavy atom. The van der Waals surface area contributed by atoms with Gasteiger partial charge < -0.3 is 20.1 Å². The number of hydrogen-bond acceptors (Lipinski definition) is 6. The number of carbonyl (C=O) groups excluding carboxylic acids is 1. The number of hydrogen-bond donors (Lipinski definition) is 2. The molecule has 0 spiro atoms. The van der Waals surface area contributed by atoms with Gasteiger partial charge in [-0.1, -0.05) is 6.07 Å². The second-order valence-corrected chi connectivity index (χ2v) is 5.67. The van der Waals surface area contributed by atoms with Crippen molar-refractivity contribution in [3.8, 4) is 11.5 Å². The fourth-order valence-electron chi connectivity index (χ4n) is 2.43. The monoisotopic (exact) mass is 364 g/mol. The van der Waals surface area contributed by atoms with Gasteiger partial charge in [0.15, 0.2) is 0 Å². The molecule has 7 heteroatoms. The Balaban J connectivity index is 1.64. The molecule has 0 unspecified atom stereocenters. The minimum atomic E-state index is -0.322. The highest BCUT2D eigenvalue weighted by atomic mass is 16.5. The summed E-state index contributed by atoms with van der Waals surface area (Å²) in [7, 11) is 3.10. The molecule has 1 amide bonds. The molecular weight excluding hydrogens is 344 g/mol. The van der Waals surface area contributed by atoms with Gasteiger partial charge in [0.2, 0.25) is 0 Å². The molecule has 0 bridgehead atoms. The van der Waals surface area contributed by atoms with E-state index in [1.54, 1.807) is 50.0 Å². The number of rotatable bonds is 7. The standard InChI is InChI=1S/C20H20N4O3/c1-26-16-6-8-17(19(10-16)27-2)24-20(25)18-7-5-15(13-23-18)22-12-14-4-3-9-21-11-14/h3-11,13,22H,12H2,1-2H3,(H,24,25). The van der Waals surface area contributed by atoms with Gasteiger partial charge in [-0.2, -0.15) is 0 Å². The first-order valence-electron chi connectivity index (χ1n) is 8.32. The molecule has 0 aliphatic carbocycles. The van der Waals surface area contributed by atoms with Crippen LogP contribution < -0.4 is 20.1 Å². The van der Waals surface area contributed by atoms with Crippen molar-refractivity contribution in [3.05, 3.63) is 72.3 Å². The summed E-state index contributed by atoms with van der Waals surface area (Å²) >= 11 is 0. The molecule has 3 rings (SSSR count). The Bertz CT molecular complexity index is 899. The van der Waals surface area contributed by atoms with Crippen molar-refractivity contribution >= 4 is 17.3 Å². The van der Waals surface area contributed by atoms with Crippen LogP contribution in [0.4, 0.5) is 11.4 Å². The Hall–Kier alpha value is -3.61. The molecule has 0 radical (unpaired) electrons. The molecule has 2 heterocycles. The van der Waals surface area contributed by atoms with Gasteiger partial charge in [0.05, 0.1) is 31.8 Å². The summed E-state index contributed by atoms with van der Waals surface area (Å²) < 4.78 is 10.4. The van der Waals surface area contributed by atoms with Crippen molar-refractivity contribution in [2.45, 2.75) is 6.54 Å². The molecule has 2 N–H and O–H groups in total. The van der Waals surface area contributed by atoms with Crippen molar-refractivity contribution in [2.24, 2.45) is 0 Å². The number of benzene rings is 1. The van der Waals surface area contributed by atoms with E-state index in [1.165, 1.54) is 7.11 Å². The van der Waals surface area contributed by atoms with E-state index in [1.807, 2.05) is 18.2 Å². The highest BCUT2D eigenvalue weighted by molar-refractivity contribution is 6.03. The number of aromatic nitrogens is 2. The minimum absolute atomic E-state index is 0.305. The van der Waals surface area contributed by atoms with E-state index in [9.17, 15) is 4.79 Å². The van der Waals surface area contributed by atoms with Crippen molar-refractivity contribution in [1.29, 1.82) is 0 Å². The van der Waals surface area contributed by atoms with Gasteiger partial charge in [0, 0.05) is 25.0 Å². The average Bonchev–Trinajstić information content (AvgIpc) is 2.73. The molecule has 3 aromatic rings. The average molecular weight is 364 g/mol. The van der Waals surface area contributed by atoms with Crippen molar-refractivity contribution < 1.29 is 14.3 Å². The maximum Gasteiger partial charge on any atom is 0.274 e. The van der Waals surface area contributed by atoms with Crippen LogP contribution in [0.15, 0.2) is 61.1 Å². The third kappa shape index (κ3) is 4.72. The first kappa shape index (κ1) is 18.2. The summed E-state index contributed by atoms with van der Waals surface area (Å²) in [6.45, 7) is 0.629. The zero-order valence-corrected chi connectivity index (χ0v) is 15.1. The van der Waals surface area contributed by atoms with Crippen LogP contribution in [0.1, 0.15) is 16.1 Å². The molecule has 0 aliphatic heterocycles. The fraction of sp³-hybridized carbons (Fsp3) is 0.150. The lowest BCUT2D eigenvalue weighted by Crippen LogP contribution is -2.14. The zero-order valence-electron chi connectivity index (χ0n) is 15.1. The van der Waals surface area contributed by atoms with E-state index < -0.39 is 0 Å². The number of nitrogens with one attached hydrogen (secondary N) is 2. The van der Waals surface area contributed by atoms with E-state index >= 15 is 0 Å². The number of methoxy groups -OCH3 is 2. The third-order valence-corrected chi connectivity index (χ3v) is 3.87. The van der Waals surface area contributed by atoms with E-state index in [0.717, 1.165) is 11.3 Å². The predicted octanol–water partition coefficient (Wildman–Crippen LogP) is 3.36. The fourth-order valence-corrected chi connectivity index (χ4v) is 2.43. The molecule has 138 valence electrons. The highest BCUT2D eigenvalue weighted by Crippen LogP contribution is 2.29. The van der Waals surface area contributed by atoms with Crippen molar-refractivity contribution in [3.63, 3.8) is 0 Å². The summed E-state index contributed by atoms with van der Waals surface area (Å²) in [6, 6.07) is 12.5. The van der Waals surface area contributed by atoms with Crippen LogP contribution >= 0.6 is 0 Å². The van der Waals surface area contributed by atoms with Gasteiger partial charge in [0.25, 0.3) is 5.91 Å². The van der Waals surface area contributed by atoms with Crippen LogP contribution in [0.5, 0.6) is 11.5 Å². The molecular formula is C20H20N4O3. The minimum Gasteiger partial charge on any atom is -0.497 e. The van der Waals surface area contributed by atoms with Gasteiger partial charge in [-0.05, 0) is 35.9 Å². The molecule has 0 saturated heterocycles. The van der Waals surface area contributed by atoms with Crippen LogP contribution in [-0.4, -0.2) is 30.1 Å². The number of ether oxygens (including phenoxy) is 2. The predicted molar refractivity (Wildman–Crippen MR) is 103 cm³/mol. The molecule has 1 aromatic carbocycles. The smallest absolute Gasteiger partial charge is 0.274 e. The van der Waals surface area contributed by atoms with Crippen LogP contribution in [-0.2, 0) is 6.54 Å². The number of anilines is 2. The number of pyridine rings is 2. The van der Waals surface area contributed by atoms with Crippen LogP contribution in [0.3, 0.4) is 0 Å². The molecule has 0 aliphatic rings. The van der Waals surface area contributed by atoms with Gasteiger partial charge in [-0.15, -0.1) is 0 Å². The van der Waals surface area contributed by atoms with Gasteiger partial charge in [0.1, 0.15) is 17.2 Å². The second-order valence-electron chi connectivity index (χ2n) is 5.67. The molecule has 0 saturated carbocycles. The quantitative estimate of drug-likeness (QED) is 0.669. The normalized spacial score (nSPS) is 10.1. The maximum atomic E-state index is 12.4. The Kier molecular flexibility index (Phi) is 5.84. The summed E-state index contributed by atoms with van der Waals surface area (Å²) in [6.07, 6.45) is 5.15. The van der Waals surface area contributed by atoms with E-state index in [4.69, 9.17) is 9.47 Å². The lowest BCUT2D eigenvalue weighted by atomic mass is 10.2. The lowest BCUT2D eigenvalue weighted by Gasteiger charge is -2.11. The summed E-state index contributed by atoms with van der Waals surface area (Å²) in [4.78, 5) is 20.7. The van der Waals surface area contributed by atoms with Gasteiger partial charge in [-0.25, -0.2) is 4.98 Å².